The van der Waals surface area contributed by atoms with Crippen LogP contribution in [0.1, 0.15) is 15.9 Å². The van der Waals surface area contributed by atoms with E-state index in [1.54, 1.807) is 24.3 Å². The van der Waals surface area contributed by atoms with Crippen LogP contribution < -0.4 is 15.4 Å². The lowest BCUT2D eigenvalue weighted by Gasteiger charge is -2.09. The molecule has 0 aliphatic carbocycles. The molecule has 0 aliphatic rings. The lowest BCUT2D eigenvalue weighted by molar-refractivity contribution is -0.384. The highest BCUT2D eigenvalue weighted by molar-refractivity contribution is 5.99. The normalized spacial score (nSPS) is 10.2. The first-order valence-corrected chi connectivity index (χ1v) is 9.08. The second-order valence-electron chi connectivity index (χ2n) is 6.48. The van der Waals surface area contributed by atoms with E-state index >= 15 is 0 Å². The summed E-state index contributed by atoms with van der Waals surface area (Å²) < 4.78 is 5.76. The van der Waals surface area contributed by atoms with Crippen molar-refractivity contribution in [1.82, 2.24) is 5.32 Å². The van der Waals surface area contributed by atoms with E-state index in [-0.39, 0.29) is 17.8 Å². The molecular formula is C22H19N3O5. The van der Waals surface area contributed by atoms with Crippen molar-refractivity contribution in [3.05, 3.63) is 94.0 Å². The van der Waals surface area contributed by atoms with Gasteiger partial charge in [0.15, 0.2) is 0 Å². The van der Waals surface area contributed by atoms with Crippen molar-refractivity contribution in [2.24, 2.45) is 0 Å². The van der Waals surface area contributed by atoms with Crippen molar-refractivity contribution in [3.63, 3.8) is 0 Å². The summed E-state index contributed by atoms with van der Waals surface area (Å²) in [5, 5.41) is 15.9. The summed E-state index contributed by atoms with van der Waals surface area (Å²) in [4.78, 5) is 34.4. The number of nitrogens with zero attached hydrogens (tertiary/aromatic N) is 1. The van der Waals surface area contributed by atoms with Crippen molar-refractivity contribution in [1.29, 1.82) is 0 Å². The fourth-order valence-corrected chi connectivity index (χ4v) is 2.65. The summed E-state index contributed by atoms with van der Waals surface area (Å²) in [5.74, 6) is 0.338. The van der Waals surface area contributed by atoms with E-state index in [0.717, 1.165) is 17.4 Å². The van der Waals surface area contributed by atoms with Gasteiger partial charge in [0.2, 0.25) is 5.91 Å². The van der Waals surface area contributed by atoms with Gasteiger partial charge in [-0.05, 0) is 55.0 Å². The van der Waals surface area contributed by atoms with Crippen LogP contribution in [0.5, 0.6) is 11.5 Å². The topological polar surface area (TPSA) is 111 Å². The third-order valence-electron chi connectivity index (χ3n) is 4.09. The molecule has 0 unspecified atom stereocenters. The van der Waals surface area contributed by atoms with Gasteiger partial charge in [-0.2, -0.15) is 0 Å². The second-order valence-corrected chi connectivity index (χ2v) is 6.48. The summed E-state index contributed by atoms with van der Waals surface area (Å²) in [5.41, 5.74) is 1.54. The van der Waals surface area contributed by atoms with Crippen molar-refractivity contribution < 1.29 is 19.2 Å². The van der Waals surface area contributed by atoms with E-state index in [1.807, 2.05) is 31.2 Å². The molecule has 0 atom stereocenters. The first-order chi connectivity index (χ1) is 14.4. The lowest BCUT2D eigenvalue weighted by atomic mass is 10.2. The Balaban J connectivity index is 1.51. The number of benzene rings is 3. The van der Waals surface area contributed by atoms with Crippen molar-refractivity contribution in [3.8, 4) is 11.5 Å². The van der Waals surface area contributed by atoms with E-state index in [2.05, 4.69) is 10.6 Å². The van der Waals surface area contributed by atoms with Gasteiger partial charge in [-0.15, -0.1) is 0 Å². The summed E-state index contributed by atoms with van der Waals surface area (Å²) in [6.07, 6.45) is 0. The number of nitro benzene ring substituents is 1. The Morgan fingerprint density at radius 2 is 1.70 bits per heavy atom. The quantitative estimate of drug-likeness (QED) is 0.455. The minimum absolute atomic E-state index is 0.106. The first kappa shape index (κ1) is 20.5. The van der Waals surface area contributed by atoms with E-state index in [4.69, 9.17) is 4.74 Å². The monoisotopic (exact) mass is 405 g/mol. The molecular weight excluding hydrogens is 386 g/mol. The number of hydrogen-bond acceptors (Lipinski definition) is 5. The van der Waals surface area contributed by atoms with Gasteiger partial charge in [-0.25, -0.2) is 0 Å². The van der Waals surface area contributed by atoms with E-state index in [1.165, 1.54) is 18.2 Å². The standard InChI is InChI=1S/C22H19N3O5/c1-15-4-2-7-20(12-15)30-19-10-8-17(9-11-19)24-21(26)14-23-22(27)16-5-3-6-18(13-16)25(28)29/h2-13H,14H2,1H3,(H,23,27)(H,24,26). The summed E-state index contributed by atoms with van der Waals surface area (Å²) in [6.45, 7) is 1.70. The predicted octanol–water partition coefficient (Wildman–Crippen LogP) is 4.06. The van der Waals surface area contributed by atoms with Gasteiger partial charge in [0, 0.05) is 23.4 Å². The minimum Gasteiger partial charge on any atom is -0.457 e. The number of amides is 2. The van der Waals surface area contributed by atoms with Crippen molar-refractivity contribution in [2.75, 3.05) is 11.9 Å². The van der Waals surface area contributed by atoms with Gasteiger partial charge in [-0.3, -0.25) is 19.7 Å². The number of nitro groups is 1. The highest BCUT2D eigenvalue weighted by atomic mass is 16.6. The fraction of sp³-hybridized carbons (Fsp3) is 0.0909. The maximum absolute atomic E-state index is 12.1. The molecule has 152 valence electrons. The number of aryl methyl sites for hydroxylation is 1. The SMILES string of the molecule is Cc1cccc(Oc2ccc(NC(=O)CNC(=O)c3cccc([N+](=O)[O-])c3)cc2)c1. The number of carbonyl (C=O) groups is 2. The van der Waals surface area contributed by atoms with Gasteiger partial charge in [0.1, 0.15) is 11.5 Å². The zero-order valence-corrected chi connectivity index (χ0v) is 16.1. The van der Waals surface area contributed by atoms with Crippen LogP contribution in [-0.4, -0.2) is 23.3 Å². The Morgan fingerprint density at radius 3 is 2.40 bits per heavy atom. The first-order valence-electron chi connectivity index (χ1n) is 9.08. The number of anilines is 1. The van der Waals surface area contributed by atoms with Gasteiger partial charge in [0.25, 0.3) is 11.6 Å². The number of rotatable bonds is 7. The molecule has 3 aromatic rings. The minimum atomic E-state index is -0.587. The molecule has 0 heterocycles. The molecule has 0 spiro atoms. The Morgan fingerprint density at radius 1 is 0.967 bits per heavy atom. The summed E-state index contributed by atoms with van der Waals surface area (Å²) >= 11 is 0. The Hall–Kier alpha value is -4.20. The molecule has 2 N–H and O–H groups in total. The lowest BCUT2D eigenvalue weighted by Crippen LogP contribution is -2.32. The van der Waals surface area contributed by atoms with E-state index in [9.17, 15) is 19.7 Å². The van der Waals surface area contributed by atoms with Crippen LogP contribution in [-0.2, 0) is 4.79 Å². The highest BCUT2D eigenvalue weighted by Crippen LogP contribution is 2.23. The zero-order valence-electron chi connectivity index (χ0n) is 16.1. The van der Waals surface area contributed by atoms with Crippen LogP contribution in [0.3, 0.4) is 0 Å². The molecule has 0 fully saturated rings. The fourth-order valence-electron chi connectivity index (χ4n) is 2.65. The molecule has 3 rings (SSSR count). The molecule has 8 heteroatoms. The maximum Gasteiger partial charge on any atom is 0.270 e. The molecule has 2 amide bonds. The third kappa shape index (κ3) is 5.65. The van der Waals surface area contributed by atoms with E-state index in [0.29, 0.717) is 11.4 Å². The Kier molecular flexibility index (Phi) is 6.39. The largest absolute Gasteiger partial charge is 0.457 e. The molecule has 30 heavy (non-hydrogen) atoms. The molecule has 0 radical (unpaired) electrons. The number of nitrogens with one attached hydrogen (secondary N) is 2. The smallest absolute Gasteiger partial charge is 0.270 e. The van der Waals surface area contributed by atoms with Crippen molar-refractivity contribution in [2.45, 2.75) is 6.92 Å². The summed E-state index contributed by atoms with van der Waals surface area (Å²) in [7, 11) is 0. The molecule has 0 aliphatic heterocycles. The van der Waals surface area contributed by atoms with Gasteiger partial charge in [-0.1, -0.05) is 18.2 Å². The second kappa shape index (κ2) is 9.33. The Bertz CT molecular complexity index is 1080. The number of non-ortho nitro benzene ring substituents is 1. The molecule has 3 aromatic carbocycles. The molecule has 0 saturated heterocycles. The van der Waals surface area contributed by atoms with Gasteiger partial charge in [0.05, 0.1) is 11.5 Å². The predicted molar refractivity (Wildman–Crippen MR) is 112 cm³/mol. The molecule has 0 aromatic heterocycles. The van der Waals surface area contributed by atoms with Crippen LogP contribution >= 0.6 is 0 Å². The van der Waals surface area contributed by atoms with E-state index < -0.39 is 16.7 Å². The van der Waals surface area contributed by atoms with Crippen LogP contribution in [0.25, 0.3) is 0 Å². The molecule has 8 nitrogen and oxygen atoms in total. The number of ether oxygens (including phenoxy) is 1. The van der Waals surface area contributed by atoms with Gasteiger partial charge < -0.3 is 15.4 Å². The molecule has 0 saturated carbocycles. The average molecular weight is 405 g/mol. The van der Waals surface area contributed by atoms with Crippen LogP contribution in [0.2, 0.25) is 0 Å². The van der Waals surface area contributed by atoms with Crippen molar-refractivity contribution >= 4 is 23.2 Å². The van der Waals surface area contributed by atoms with Crippen LogP contribution in [0.15, 0.2) is 72.8 Å². The van der Waals surface area contributed by atoms with Gasteiger partial charge >= 0.3 is 0 Å². The average Bonchev–Trinajstić information content (AvgIpc) is 2.73. The van der Waals surface area contributed by atoms with Crippen LogP contribution in [0, 0.1) is 17.0 Å². The summed E-state index contributed by atoms with van der Waals surface area (Å²) in [6, 6.07) is 19.8. The number of carbonyl (C=O) groups excluding carboxylic acids is 2. The Labute approximate surface area is 172 Å². The number of hydrogen-bond donors (Lipinski definition) is 2. The third-order valence-corrected chi connectivity index (χ3v) is 4.09. The maximum atomic E-state index is 12.1. The molecule has 0 bridgehead atoms. The zero-order chi connectivity index (χ0) is 21.5. The van der Waals surface area contributed by atoms with Crippen LogP contribution in [0.4, 0.5) is 11.4 Å². The highest BCUT2D eigenvalue weighted by Gasteiger charge is 2.12.